The Labute approximate surface area is 200 Å². The third-order valence-corrected chi connectivity index (χ3v) is 6.95. The highest BCUT2D eigenvalue weighted by Crippen LogP contribution is 2.35. The molecule has 0 spiro atoms. The molecule has 1 unspecified atom stereocenters. The third kappa shape index (κ3) is 5.48. The number of rotatable bonds is 8. The monoisotopic (exact) mass is 469 g/mol. The number of hydrogen-bond acceptors (Lipinski definition) is 6. The van der Waals surface area contributed by atoms with Crippen molar-refractivity contribution in [2.45, 2.75) is 45.4 Å². The van der Waals surface area contributed by atoms with Crippen molar-refractivity contribution in [2.24, 2.45) is 11.8 Å². The van der Waals surface area contributed by atoms with E-state index >= 15 is 0 Å². The molecule has 0 bridgehead atoms. The van der Waals surface area contributed by atoms with Gasteiger partial charge in [-0.1, -0.05) is 37.3 Å². The second kappa shape index (κ2) is 11.1. The summed E-state index contributed by atoms with van der Waals surface area (Å²) in [6.07, 6.45) is 3.32. The summed E-state index contributed by atoms with van der Waals surface area (Å²) in [5.74, 6) is -1.45. The topological polar surface area (TPSA) is 120 Å². The molecule has 0 aliphatic carbocycles. The van der Waals surface area contributed by atoms with Gasteiger partial charge in [0.2, 0.25) is 0 Å². The normalized spacial score (nSPS) is 20.4. The highest BCUT2D eigenvalue weighted by atomic mass is 16.4. The van der Waals surface area contributed by atoms with Crippen molar-refractivity contribution >= 4 is 11.9 Å². The molecule has 34 heavy (non-hydrogen) atoms. The number of piperidine rings is 1. The summed E-state index contributed by atoms with van der Waals surface area (Å²) in [5, 5.41) is 31.4. The molecule has 4 N–H and O–H groups in total. The molecule has 1 saturated heterocycles. The quantitative estimate of drug-likeness (QED) is 0.467. The maximum absolute atomic E-state index is 13.1. The summed E-state index contributed by atoms with van der Waals surface area (Å²) >= 11 is 0. The van der Waals surface area contributed by atoms with Crippen LogP contribution in [0, 0.1) is 11.8 Å². The van der Waals surface area contributed by atoms with Gasteiger partial charge in [0.15, 0.2) is 11.9 Å². The Morgan fingerprint density at radius 3 is 2.65 bits per heavy atom. The van der Waals surface area contributed by atoms with Gasteiger partial charge < -0.3 is 20.8 Å². The van der Waals surface area contributed by atoms with Gasteiger partial charge >= 0.3 is 5.97 Å². The van der Waals surface area contributed by atoms with Gasteiger partial charge in [0, 0.05) is 31.7 Å². The van der Waals surface area contributed by atoms with Gasteiger partial charge in [0.25, 0.3) is 5.91 Å². The third-order valence-electron chi connectivity index (χ3n) is 6.95. The van der Waals surface area contributed by atoms with Crippen LogP contribution in [0.3, 0.4) is 0 Å². The van der Waals surface area contributed by atoms with Gasteiger partial charge in [-0.15, -0.1) is 0 Å². The zero-order valence-electron chi connectivity index (χ0n) is 19.7. The highest BCUT2D eigenvalue weighted by Gasteiger charge is 2.33. The molecular formula is C25H35N5O4. The van der Waals surface area contributed by atoms with Crippen LogP contribution in [0.25, 0.3) is 11.1 Å². The van der Waals surface area contributed by atoms with Crippen LogP contribution in [0.2, 0.25) is 0 Å². The Hall–Kier alpha value is -2.75. The highest BCUT2D eigenvalue weighted by molar-refractivity contribution is 6.00. The molecule has 1 amide bonds. The Balaban J connectivity index is 1.62. The number of aliphatic hydroxyl groups excluding tert-OH is 1. The van der Waals surface area contributed by atoms with E-state index in [0.29, 0.717) is 23.7 Å². The number of aliphatic hydroxyl groups is 1. The van der Waals surface area contributed by atoms with Crippen molar-refractivity contribution in [2.75, 3.05) is 32.7 Å². The maximum Gasteiger partial charge on any atom is 0.308 e. The van der Waals surface area contributed by atoms with E-state index in [4.69, 9.17) is 5.11 Å². The predicted octanol–water partition coefficient (Wildman–Crippen LogP) is 2.09. The fourth-order valence-corrected chi connectivity index (χ4v) is 4.84. The molecule has 2 aliphatic heterocycles. The fourth-order valence-electron chi connectivity index (χ4n) is 4.84. The smallest absolute Gasteiger partial charge is 0.308 e. The first-order chi connectivity index (χ1) is 16.5. The van der Waals surface area contributed by atoms with E-state index < -0.39 is 24.0 Å². The zero-order valence-corrected chi connectivity index (χ0v) is 19.7. The number of nitrogens with one attached hydrogen (secondary N) is 2. The van der Waals surface area contributed by atoms with E-state index in [2.05, 4.69) is 20.6 Å². The Morgan fingerprint density at radius 2 is 1.94 bits per heavy atom. The van der Waals surface area contributed by atoms with E-state index in [0.717, 1.165) is 57.4 Å². The van der Waals surface area contributed by atoms with E-state index in [1.807, 2.05) is 30.3 Å². The molecule has 184 valence electrons. The average Bonchev–Trinajstić information content (AvgIpc) is 3.17. The Kier molecular flexibility index (Phi) is 7.97. The summed E-state index contributed by atoms with van der Waals surface area (Å²) in [4.78, 5) is 26.4. The molecule has 0 radical (unpaired) electrons. The van der Waals surface area contributed by atoms with E-state index in [9.17, 15) is 14.7 Å². The van der Waals surface area contributed by atoms with Crippen LogP contribution in [-0.2, 0) is 11.3 Å². The lowest BCUT2D eigenvalue weighted by molar-refractivity contribution is -0.140. The van der Waals surface area contributed by atoms with Gasteiger partial charge in [-0.25, -0.2) is 0 Å². The van der Waals surface area contributed by atoms with Crippen LogP contribution in [0.5, 0.6) is 0 Å². The first-order valence-corrected chi connectivity index (χ1v) is 12.3. The number of carbonyl (C=O) groups is 2. The average molecular weight is 470 g/mol. The summed E-state index contributed by atoms with van der Waals surface area (Å²) < 4.78 is 1.76. The standard InChI is InChI=1S/C25H35N5O4/c1-17(25(33)34)16-27-23(31)21-20(19-6-3-2-4-7-19)22-24(32)29(13-5-14-30(22)28-21)15-10-18-8-11-26-12-9-18/h2-4,6-7,17-18,24,26,32H,5,8-16H2,1H3,(H,27,31)(H,33,34)/t17-,24?/m0/s1. The summed E-state index contributed by atoms with van der Waals surface area (Å²) in [6.45, 7) is 5.83. The molecule has 1 fully saturated rings. The fraction of sp³-hybridized carbons (Fsp3) is 0.560. The lowest BCUT2D eigenvalue weighted by Crippen LogP contribution is -2.34. The van der Waals surface area contributed by atoms with Crippen LogP contribution in [-0.4, -0.2) is 69.5 Å². The predicted molar refractivity (Wildman–Crippen MR) is 128 cm³/mol. The van der Waals surface area contributed by atoms with Crippen LogP contribution >= 0.6 is 0 Å². The van der Waals surface area contributed by atoms with Crippen molar-refractivity contribution in [3.63, 3.8) is 0 Å². The number of aromatic nitrogens is 2. The Morgan fingerprint density at radius 1 is 1.21 bits per heavy atom. The molecule has 2 aliphatic rings. The molecule has 4 rings (SSSR count). The van der Waals surface area contributed by atoms with Gasteiger partial charge in [-0.2, -0.15) is 5.10 Å². The summed E-state index contributed by atoms with van der Waals surface area (Å²) in [7, 11) is 0. The van der Waals surface area contributed by atoms with Crippen molar-refractivity contribution in [3.8, 4) is 11.1 Å². The van der Waals surface area contributed by atoms with Crippen LogP contribution in [0.1, 0.15) is 55.0 Å². The number of nitrogens with zero attached hydrogens (tertiary/aromatic N) is 3. The molecule has 0 saturated carbocycles. The SMILES string of the molecule is C[C@@H](CNC(=O)c1nn2c(c1-c1ccccc1)C(O)N(CCC1CCNCC1)CCC2)C(=O)O. The van der Waals surface area contributed by atoms with Gasteiger partial charge in [0.1, 0.15) is 0 Å². The van der Waals surface area contributed by atoms with Crippen molar-refractivity contribution in [1.82, 2.24) is 25.3 Å². The largest absolute Gasteiger partial charge is 0.481 e. The van der Waals surface area contributed by atoms with Crippen molar-refractivity contribution in [1.29, 1.82) is 0 Å². The molecular weight excluding hydrogens is 434 g/mol. The maximum atomic E-state index is 13.1. The summed E-state index contributed by atoms with van der Waals surface area (Å²) in [6, 6.07) is 9.51. The number of benzene rings is 1. The second-order valence-electron chi connectivity index (χ2n) is 9.39. The lowest BCUT2D eigenvalue weighted by atomic mass is 9.94. The lowest BCUT2D eigenvalue weighted by Gasteiger charge is -2.29. The molecule has 1 aromatic heterocycles. The minimum absolute atomic E-state index is 0.00944. The molecule has 9 heteroatoms. The van der Waals surface area contributed by atoms with Crippen molar-refractivity contribution < 1.29 is 19.8 Å². The molecule has 1 aromatic carbocycles. The number of carbonyl (C=O) groups excluding carboxylic acids is 1. The molecule has 2 atom stereocenters. The van der Waals surface area contributed by atoms with E-state index in [-0.39, 0.29) is 12.2 Å². The van der Waals surface area contributed by atoms with Crippen LogP contribution < -0.4 is 10.6 Å². The summed E-state index contributed by atoms with van der Waals surface area (Å²) in [5.41, 5.74) is 2.27. The van der Waals surface area contributed by atoms with Crippen LogP contribution in [0.15, 0.2) is 30.3 Å². The van der Waals surface area contributed by atoms with Gasteiger partial charge in [-0.05, 0) is 50.3 Å². The minimum atomic E-state index is -0.969. The minimum Gasteiger partial charge on any atom is -0.481 e. The van der Waals surface area contributed by atoms with Crippen molar-refractivity contribution in [3.05, 3.63) is 41.7 Å². The van der Waals surface area contributed by atoms with Gasteiger partial charge in [0.05, 0.1) is 11.6 Å². The Bertz CT molecular complexity index is 987. The molecule has 2 aromatic rings. The number of carboxylic acid groups (broad SMARTS) is 1. The number of amides is 1. The molecule has 3 heterocycles. The van der Waals surface area contributed by atoms with Crippen LogP contribution in [0.4, 0.5) is 0 Å². The number of aryl methyl sites for hydroxylation is 1. The number of hydrogen-bond donors (Lipinski definition) is 4. The number of fused-ring (bicyclic) bond motifs is 1. The van der Waals surface area contributed by atoms with E-state index in [1.54, 1.807) is 11.6 Å². The van der Waals surface area contributed by atoms with Gasteiger partial charge in [-0.3, -0.25) is 19.2 Å². The first-order valence-electron chi connectivity index (χ1n) is 12.3. The number of carboxylic acids is 1. The first kappa shape index (κ1) is 24.4. The number of aliphatic carboxylic acids is 1. The second-order valence-corrected chi connectivity index (χ2v) is 9.39. The molecule has 9 nitrogen and oxygen atoms in total. The van der Waals surface area contributed by atoms with E-state index in [1.165, 1.54) is 0 Å². The zero-order chi connectivity index (χ0) is 24.1.